The average molecular weight is 217 g/mol. The van der Waals surface area contributed by atoms with Crippen molar-refractivity contribution in [3.05, 3.63) is 35.4 Å². The summed E-state index contributed by atoms with van der Waals surface area (Å²) in [5.41, 5.74) is 1.56. The Morgan fingerprint density at radius 1 is 1.25 bits per heavy atom. The van der Waals surface area contributed by atoms with Crippen molar-refractivity contribution in [3.8, 4) is 0 Å². The Balaban J connectivity index is 2.21. The van der Waals surface area contributed by atoms with E-state index in [1.165, 1.54) is 5.56 Å². The second kappa shape index (κ2) is 3.74. The third-order valence-electron chi connectivity index (χ3n) is 2.75. The zero-order valence-corrected chi connectivity index (χ0v) is 9.78. The zero-order chi connectivity index (χ0) is 11.8. The average Bonchev–Trinajstić information content (AvgIpc) is 2.44. The van der Waals surface area contributed by atoms with Gasteiger partial charge in [-0.05, 0) is 19.4 Å². The van der Waals surface area contributed by atoms with Crippen LogP contribution in [0.25, 0.3) is 0 Å². The van der Waals surface area contributed by atoms with Crippen LogP contribution in [0.3, 0.4) is 0 Å². The van der Waals surface area contributed by atoms with Crippen molar-refractivity contribution in [2.45, 2.75) is 32.7 Å². The molecule has 16 heavy (non-hydrogen) atoms. The Morgan fingerprint density at radius 3 is 2.38 bits per heavy atom. The Morgan fingerprint density at radius 2 is 1.88 bits per heavy atom. The number of ether oxygens (including phenoxy) is 1. The lowest BCUT2D eigenvalue weighted by molar-refractivity contribution is -0.138. The summed E-state index contributed by atoms with van der Waals surface area (Å²) in [7, 11) is 0. The molecule has 1 aliphatic rings. The fourth-order valence-corrected chi connectivity index (χ4v) is 1.88. The number of hydrogen-bond acceptors (Lipinski definition) is 3. The van der Waals surface area contributed by atoms with E-state index in [0.717, 1.165) is 5.56 Å². The lowest BCUT2D eigenvalue weighted by Gasteiger charge is -2.16. The maximum atomic E-state index is 11.6. The second-order valence-corrected chi connectivity index (χ2v) is 4.46. The Bertz CT molecular complexity index is 448. The maximum Gasteiger partial charge on any atom is 0.340 e. The van der Waals surface area contributed by atoms with E-state index in [1.807, 2.05) is 38.1 Å². The fourth-order valence-electron chi connectivity index (χ4n) is 1.88. The number of benzene rings is 1. The van der Waals surface area contributed by atoms with E-state index in [2.05, 4.69) is 4.99 Å². The highest BCUT2D eigenvalue weighted by Crippen LogP contribution is 2.24. The Labute approximate surface area is 95.2 Å². The van der Waals surface area contributed by atoms with Gasteiger partial charge in [-0.25, -0.2) is 9.79 Å². The van der Waals surface area contributed by atoms with Crippen molar-refractivity contribution >= 4 is 11.9 Å². The first-order valence-electron chi connectivity index (χ1n) is 5.34. The van der Waals surface area contributed by atoms with E-state index >= 15 is 0 Å². The summed E-state index contributed by atoms with van der Waals surface area (Å²) >= 11 is 0. The molecule has 1 aromatic carbocycles. The predicted octanol–water partition coefficient (Wildman–Crippen LogP) is 2.27. The third kappa shape index (κ3) is 1.98. The summed E-state index contributed by atoms with van der Waals surface area (Å²) in [4.78, 5) is 15.9. The molecular formula is C13H15NO2. The SMILES string of the molecule is CC1=NC(C)(Cc2ccc(C)cc2)C(=O)O1. The van der Waals surface area contributed by atoms with Crippen LogP contribution in [0.1, 0.15) is 25.0 Å². The van der Waals surface area contributed by atoms with Crippen molar-refractivity contribution in [1.82, 2.24) is 0 Å². The number of aryl methyl sites for hydroxylation is 1. The molecule has 84 valence electrons. The van der Waals surface area contributed by atoms with Crippen LogP contribution in [0.2, 0.25) is 0 Å². The van der Waals surface area contributed by atoms with Gasteiger partial charge >= 0.3 is 5.97 Å². The number of nitrogens with zero attached hydrogens (tertiary/aromatic N) is 1. The van der Waals surface area contributed by atoms with Crippen molar-refractivity contribution in [2.75, 3.05) is 0 Å². The molecule has 0 aliphatic carbocycles. The van der Waals surface area contributed by atoms with Crippen LogP contribution in [-0.2, 0) is 16.0 Å². The Kier molecular flexibility index (Phi) is 2.54. The van der Waals surface area contributed by atoms with Crippen LogP contribution in [0.15, 0.2) is 29.3 Å². The minimum atomic E-state index is -0.751. The smallest absolute Gasteiger partial charge is 0.340 e. The highest BCUT2D eigenvalue weighted by Gasteiger charge is 2.40. The minimum Gasteiger partial charge on any atom is -0.410 e. The molecule has 1 atom stereocenters. The number of cyclic esters (lactones) is 1. The van der Waals surface area contributed by atoms with Gasteiger partial charge in [0.25, 0.3) is 0 Å². The van der Waals surface area contributed by atoms with Crippen molar-refractivity contribution < 1.29 is 9.53 Å². The van der Waals surface area contributed by atoms with Gasteiger partial charge in [0.15, 0.2) is 11.4 Å². The summed E-state index contributed by atoms with van der Waals surface area (Å²) < 4.78 is 4.98. The standard InChI is InChI=1S/C13H15NO2/c1-9-4-6-11(7-5-9)8-13(3)12(15)16-10(2)14-13/h4-7H,8H2,1-3H3. The highest BCUT2D eigenvalue weighted by atomic mass is 16.6. The molecule has 0 bridgehead atoms. The van der Waals surface area contributed by atoms with Gasteiger partial charge in [0.05, 0.1) is 0 Å². The first-order chi connectivity index (χ1) is 7.49. The van der Waals surface area contributed by atoms with E-state index in [-0.39, 0.29) is 5.97 Å². The molecule has 1 aromatic rings. The molecule has 0 amide bonds. The van der Waals surface area contributed by atoms with Gasteiger partial charge in [0.2, 0.25) is 0 Å². The number of aliphatic imine (C=N–C) groups is 1. The van der Waals surface area contributed by atoms with E-state index in [4.69, 9.17) is 4.74 Å². The molecule has 2 rings (SSSR count). The van der Waals surface area contributed by atoms with Gasteiger partial charge in [-0.15, -0.1) is 0 Å². The molecule has 1 aliphatic heterocycles. The number of rotatable bonds is 2. The van der Waals surface area contributed by atoms with E-state index < -0.39 is 5.54 Å². The van der Waals surface area contributed by atoms with Gasteiger partial charge in [0, 0.05) is 13.3 Å². The molecule has 0 radical (unpaired) electrons. The van der Waals surface area contributed by atoms with Crippen LogP contribution in [-0.4, -0.2) is 17.4 Å². The summed E-state index contributed by atoms with van der Waals surface area (Å²) in [5.74, 6) is 0.199. The Hall–Kier alpha value is -1.64. The predicted molar refractivity (Wildman–Crippen MR) is 62.5 cm³/mol. The van der Waals surface area contributed by atoms with E-state index in [0.29, 0.717) is 12.3 Å². The normalized spacial score (nSPS) is 24.2. The molecule has 0 saturated heterocycles. The molecule has 0 fully saturated rings. The molecule has 0 saturated carbocycles. The summed E-state index contributed by atoms with van der Waals surface area (Å²) in [6, 6.07) is 8.12. The van der Waals surface area contributed by atoms with Gasteiger partial charge in [-0.2, -0.15) is 0 Å². The molecule has 1 unspecified atom stereocenters. The quantitative estimate of drug-likeness (QED) is 0.713. The first-order valence-corrected chi connectivity index (χ1v) is 5.34. The van der Waals surface area contributed by atoms with Crippen molar-refractivity contribution in [3.63, 3.8) is 0 Å². The monoisotopic (exact) mass is 217 g/mol. The minimum absolute atomic E-state index is 0.259. The van der Waals surface area contributed by atoms with Gasteiger partial charge in [0.1, 0.15) is 0 Å². The number of carbonyl (C=O) groups is 1. The van der Waals surface area contributed by atoms with Crippen LogP contribution in [0.5, 0.6) is 0 Å². The molecule has 0 N–H and O–H groups in total. The lowest BCUT2D eigenvalue weighted by atomic mass is 9.94. The number of hydrogen-bond donors (Lipinski definition) is 0. The summed E-state index contributed by atoms with van der Waals surface area (Å²) in [6.07, 6.45) is 0.587. The summed E-state index contributed by atoms with van der Waals surface area (Å²) in [6.45, 7) is 5.56. The summed E-state index contributed by atoms with van der Waals surface area (Å²) in [5, 5.41) is 0. The molecular weight excluding hydrogens is 202 g/mol. The maximum absolute atomic E-state index is 11.6. The van der Waals surface area contributed by atoms with Gasteiger partial charge in [-0.1, -0.05) is 29.8 Å². The molecule has 0 spiro atoms. The van der Waals surface area contributed by atoms with Crippen molar-refractivity contribution in [1.29, 1.82) is 0 Å². The molecule has 0 aromatic heterocycles. The third-order valence-corrected chi connectivity index (χ3v) is 2.75. The van der Waals surface area contributed by atoms with Crippen molar-refractivity contribution in [2.24, 2.45) is 4.99 Å². The highest BCUT2D eigenvalue weighted by molar-refractivity contribution is 5.98. The molecule has 3 heteroatoms. The van der Waals surface area contributed by atoms with E-state index in [1.54, 1.807) is 6.92 Å². The number of carbonyl (C=O) groups excluding carboxylic acids is 1. The van der Waals surface area contributed by atoms with Gasteiger partial charge < -0.3 is 4.74 Å². The largest absolute Gasteiger partial charge is 0.410 e. The van der Waals surface area contributed by atoms with Crippen LogP contribution >= 0.6 is 0 Å². The van der Waals surface area contributed by atoms with Crippen LogP contribution < -0.4 is 0 Å². The van der Waals surface area contributed by atoms with Crippen LogP contribution in [0, 0.1) is 6.92 Å². The van der Waals surface area contributed by atoms with E-state index in [9.17, 15) is 4.79 Å². The van der Waals surface area contributed by atoms with Crippen LogP contribution in [0.4, 0.5) is 0 Å². The first kappa shape index (κ1) is 10.9. The van der Waals surface area contributed by atoms with Gasteiger partial charge in [-0.3, -0.25) is 0 Å². The molecule has 1 heterocycles. The number of esters is 1. The zero-order valence-electron chi connectivity index (χ0n) is 9.78. The molecule has 3 nitrogen and oxygen atoms in total. The lowest BCUT2D eigenvalue weighted by Crippen LogP contribution is -2.32. The topological polar surface area (TPSA) is 38.7 Å². The second-order valence-electron chi connectivity index (χ2n) is 4.46. The fraction of sp³-hybridized carbons (Fsp3) is 0.385.